The Balaban J connectivity index is 1.55. The smallest absolute Gasteiger partial charge is 0.261 e. The fourth-order valence-electron chi connectivity index (χ4n) is 3.87. The van der Waals surface area contributed by atoms with Crippen LogP contribution in [0.5, 0.6) is 0 Å². The van der Waals surface area contributed by atoms with Gasteiger partial charge >= 0.3 is 0 Å². The second-order valence-electron chi connectivity index (χ2n) is 7.42. The summed E-state index contributed by atoms with van der Waals surface area (Å²) in [6, 6.07) is 13.5. The minimum atomic E-state index is -3.50. The van der Waals surface area contributed by atoms with Crippen molar-refractivity contribution < 1.29 is 8.42 Å². The number of hydrogen-bond donors (Lipinski definition) is 0. The number of piperazine rings is 1. The Hall–Kier alpha value is -2.26. The lowest BCUT2D eigenvalue weighted by Crippen LogP contribution is -2.49. The van der Waals surface area contributed by atoms with Gasteiger partial charge in [-0.25, -0.2) is 13.4 Å². The lowest BCUT2D eigenvalue weighted by molar-refractivity contribution is 0.139. The molecule has 4 rings (SSSR count). The summed E-state index contributed by atoms with van der Waals surface area (Å²) < 4.78 is 28.8. The highest BCUT2D eigenvalue weighted by molar-refractivity contribution is 7.89. The Morgan fingerprint density at radius 1 is 1.03 bits per heavy atom. The van der Waals surface area contributed by atoms with Gasteiger partial charge in [-0.15, -0.1) is 0 Å². The number of nitrogens with zero attached hydrogens (tertiary/aromatic N) is 4. The van der Waals surface area contributed by atoms with E-state index in [1.807, 2.05) is 6.92 Å². The highest BCUT2D eigenvalue weighted by atomic mass is 35.5. The minimum absolute atomic E-state index is 0.135. The summed E-state index contributed by atoms with van der Waals surface area (Å²) in [5.41, 5.74) is 0.462. The summed E-state index contributed by atoms with van der Waals surface area (Å²) in [4.78, 5) is 19.9. The number of sulfonamides is 1. The number of aromatic nitrogens is 2. The molecule has 158 valence electrons. The zero-order valence-electron chi connectivity index (χ0n) is 16.8. The van der Waals surface area contributed by atoms with Crippen LogP contribution in [0.4, 0.5) is 0 Å². The van der Waals surface area contributed by atoms with E-state index in [9.17, 15) is 13.2 Å². The van der Waals surface area contributed by atoms with Gasteiger partial charge in [0, 0.05) is 38.2 Å². The zero-order chi connectivity index (χ0) is 21.5. The van der Waals surface area contributed by atoms with E-state index in [1.54, 1.807) is 60.1 Å². The van der Waals surface area contributed by atoms with Crippen molar-refractivity contribution >= 4 is 32.5 Å². The van der Waals surface area contributed by atoms with E-state index in [-0.39, 0.29) is 11.6 Å². The van der Waals surface area contributed by atoms with Crippen molar-refractivity contribution in [3.05, 3.63) is 69.7 Å². The third-order valence-corrected chi connectivity index (χ3v) is 7.80. The van der Waals surface area contributed by atoms with Crippen molar-refractivity contribution in [1.82, 2.24) is 18.8 Å². The normalized spacial score (nSPS) is 17.3. The van der Waals surface area contributed by atoms with E-state index in [1.165, 1.54) is 4.31 Å². The average molecular weight is 447 g/mol. The van der Waals surface area contributed by atoms with Crippen LogP contribution >= 0.6 is 11.6 Å². The van der Waals surface area contributed by atoms with E-state index >= 15 is 0 Å². The van der Waals surface area contributed by atoms with Crippen molar-refractivity contribution in [2.24, 2.45) is 7.05 Å². The van der Waals surface area contributed by atoms with E-state index in [4.69, 9.17) is 16.6 Å². The second kappa shape index (κ2) is 8.11. The molecule has 0 bridgehead atoms. The van der Waals surface area contributed by atoms with Gasteiger partial charge in [0.2, 0.25) is 10.0 Å². The number of rotatable bonds is 4. The topological polar surface area (TPSA) is 75.5 Å². The fraction of sp³-hybridized carbons (Fsp3) is 0.333. The van der Waals surface area contributed by atoms with Gasteiger partial charge in [-0.1, -0.05) is 29.8 Å². The summed E-state index contributed by atoms with van der Waals surface area (Å²) in [7, 11) is -1.79. The molecule has 1 atom stereocenters. The Morgan fingerprint density at radius 2 is 1.70 bits per heavy atom. The van der Waals surface area contributed by atoms with Gasteiger partial charge in [-0.3, -0.25) is 14.3 Å². The van der Waals surface area contributed by atoms with E-state index in [0.717, 1.165) is 0 Å². The maximum Gasteiger partial charge on any atom is 0.261 e. The number of hydrogen-bond acceptors (Lipinski definition) is 5. The van der Waals surface area contributed by atoms with Gasteiger partial charge in [-0.2, -0.15) is 4.31 Å². The van der Waals surface area contributed by atoms with Crippen LogP contribution in [-0.4, -0.2) is 53.4 Å². The van der Waals surface area contributed by atoms with E-state index in [2.05, 4.69) is 4.90 Å². The molecule has 0 spiro atoms. The van der Waals surface area contributed by atoms with Crippen molar-refractivity contribution in [1.29, 1.82) is 0 Å². The Labute approximate surface area is 180 Å². The average Bonchev–Trinajstić information content (AvgIpc) is 2.77. The molecule has 7 nitrogen and oxygen atoms in total. The van der Waals surface area contributed by atoms with E-state index < -0.39 is 10.0 Å². The molecule has 1 aromatic heterocycles. The summed E-state index contributed by atoms with van der Waals surface area (Å²) >= 11 is 6.02. The van der Waals surface area contributed by atoms with Crippen LogP contribution < -0.4 is 5.56 Å². The highest BCUT2D eigenvalue weighted by Gasteiger charge is 2.31. The first-order chi connectivity index (χ1) is 14.3. The van der Waals surface area contributed by atoms with Crippen LogP contribution in [0, 0.1) is 0 Å². The van der Waals surface area contributed by atoms with Crippen molar-refractivity contribution in [2.45, 2.75) is 17.9 Å². The Bertz CT molecular complexity index is 1240. The Morgan fingerprint density at radius 3 is 2.37 bits per heavy atom. The molecule has 0 saturated carbocycles. The molecule has 1 unspecified atom stereocenters. The largest absolute Gasteiger partial charge is 0.298 e. The molecule has 2 heterocycles. The van der Waals surface area contributed by atoms with Crippen LogP contribution in [0.25, 0.3) is 10.9 Å². The Kier molecular flexibility index (Phi) is 5.67. The fourth-order valence-corrected chi connectivity index (χ4v) is 5.49. The van der Waals surface area contributed by atoms with E-state index in [0.29, 0.717) is 52.8 Å². The predicted octanol–water partition coefficient (Wildman–Crippen LogP) is 2.65. The lowest BCUT2D eigenvalue weighted by atomic mass is 10.2. The molecular formula is C21H23ClN4O3S. The van der Waals surface area contributed by atoms with Crippen LogP contribution in [0.3, 0.4) is 0 Å². The SMILES string of the molecule is CC(c1nc2ccc(Cl)cc2c(=O)n1C)N1CCN(S(=O)(=O)c2ccccc2)CC1. The number of halogens is 1. The molecule has 9 heteroatoms. The molecule has 30 heavy (non-hydrogen) atoms. The number of fused-ring (bicyclic) bond motifs is 1. The quantitative estimate of drug-likeness (QED) is 0.615. The maximum absolute atomic E-state index is 12.8. The van der Waals surface area contributed by atoms with Gasteiger partial charge in [0.1, 0.15) is 5.82 Å². The van der Waals surface area contributed by atoms with Gasteiger partial charge in [0.15, 0.2) is 0 Å². The molecule has 3 aromatic rings. The summed E-state index contributed by atoms with van der Waals surface area (Å²) in [5.74, 6) is 0.647. The van der Waals surface area contributed by atoms with Crippen LogP contribution in [-0.2, 0) is 17.1 Å². The molecule has 1 saturated heterocycles. The monoisotopic (exact) mass is 446 g/mol. The third-order valence-electron chi connectivity index (χ3n) is 5.65. The minimum Gasteiger partial charge on any atom is -0.298 e. The molecule has 1 aliphatic rings. The summed E-state index contributed by atoms with van der Waals surface area (Å²) in [6.45, 7) is 3.88. The first kappa shape index (κ1) is 21.0. The number of benzene rings is 2. The zero-order valence-corrected chi connectivity index (χ0v) is 18.4. The lowest BCUT2D eigenvalue weighted by Gasteiger charge is -2.37. The molecular weight excluding hydrogens is 424 g/mol. The predicted molar refractivity (Wildman–Crippen MR) is 117 cm³/mol. The molecule has 0 amide bonds. The van der Waals surface area contributed by atoms with Crippen molar-refractivity contribution in [3.63, 3.8) is 0 Å². The standard InChI is InChI=1S/C21H23ClN4O3S/c1-15(20-23-19-9-8-16(22)14-18(19)21(27)24(20)2)25-10-12-26(13-11-25)30(28,29)17-6-4-3-5-7-17/h3-9,14-15H,10-13H2,1-2H3. The van der Waals surface area contributed by atoms with Crippen LogP contribution in [0.1, 0.15) is 18.8 Å². The molecule has 0 radical (unpaired) electrons. The van der Waals surface area contributed by atoms with Gasteiger partial charge in [0.05, 0.1) is 21.8 Å². The molecule has 0 aliphatic carbocycles. The summed E-state index contributed by atoms with van der Waals surface area (Å²) in [5, 5.41) is 0.984. The van der Waals surface area contributed by atoms with Gasteiger partial charge in [-0.05, 0) is 37.3 Å². The third kappa shape index (κ3) is 3.76. The first-order valence-corrected chi connectivity index (χ1v) is 11.6. The first-order valence-electron chi connectivity index (χ1n) is 9.74. The van der Waals surface area contributed by atoms with Crippen molar-refractivity contribution in [2.75, 3.05) is 26.2 Å². The molecule has 1 fully saturated rings. The van der Waals surface area contributed by atoms with Crippen molar-refractivity contribution in [3.8, 4) is 0 Å². The molecule has 0 N–H and O–H groups in total. The van der Waals surface area contributed by atoms with Crippen LogP contribution in [0.15, 0.2) is 58.2 Å². The maximum atomic E-state index is 12.8. The van der Waals surface area contributed by atoms with Gasteiger partial charge in [0.25, 0.3) is 5.56 Å². The van der Waals surface area contributed by atoms with Gasteiger partial charge < -0.3 is 0 Å². The second-order valence-corrected chi connectivity index (χ2v) is 9.80. The molecule has 1 aliphatic heterocycles. The highest BCUT2D eigenvalue weighted by Crippen LogP contribution is 2.24. The molecule has 2 aromatic carbocycles. The summed E-state index contributed by atoms with van der Waals surface area (Å²) in [6.07, 6.45) is 0. The van der Waals surface area contributed by atoms with Crippen LogP contribution in [0.2, 0.25) is 5.02 Å².